The number of anilines is 5. The van der Waals surface area contributed by atoms with Crippen LogP contribution in [0.3, 0.4) is 0 Å². The zero-order chi connectivity index (χ0) is 29.8. The molecule has 6 rings (SSSR count). The van der Waals surface area contributed by atoms with Gasteiger partial charge in [0, 0.05) is 55.4 Å². The Labute approximate surface area is 242 Å². The van der Waals surface area contributed by atoms with Gasteiger partial charge in [0.1, 0.15) is 17.1 Å². The first-order valence-electron chi connectivity index (χ1n) is 14.1. The number of hydrogen-bond acceptors (Lipinski definition) is 8. The summed E-state index contributed by atoms with van der Waals surface area (Å²) in [6, 6.07) is 12.1. The number of alkyl halides is 3. The molecule has 2 bridgehead atoms. The second kappa shape index (κ2) is 10.3. The van der Waals surface area contributed by atoms with Crippen molar-refractivity contribution in [1.82, 2.24) is 14.9 Å². The molecule has 2 saturated heterocycles. The molecule has 2 unspecified atom stereocenters. The maximum atomic E-state index is 13.9. The van der Waals surface area contributed by atoms with Gasteiger partial charge in [-0.1, -0.05) is 19.1 Å². The van der Waals surface area contributed by atoms with Crippen LogP contribution in [0.1, 0.15) is 43.9 Å². The van der Waals surface area contributed by atoms with E-state index >= 15 is 0 Å². The Bertz CT molecular complexity index is 1530. The summed E-state index contributed by atoms with van der Waals surface area (Å²) < 4.78 is 47.4. The number of piperazine rings is 1. The second-order valence-corrected chi connectivity index (χ2v) is 11.5. The van der Waals surface area contributed by atoms with E-state index in [2.05, 4.69) is 42.6 Å². The molecule has 0 aliphatic carbocycles. The standard InChI is InChI=1S/C30H34F3N7O2/c1-5-39-15-20-11-19(39)16-40(20)18-9-10-22(24(12-18)42-4)37-28-35-14-21(30(31,32)33)26(38-28)34-13-17-7-6-8-23-25(17)29(2,3)27(41)36-23/h6-10,12,14,19-20H,5,11,13,15-16H2,1-4H3,(H,36,41)(H2,34,35,37,38). The lowest BCUT2D eigenvalue weighted by atomic mass is 9.83. The van der Waals surface area contributed by atoms with Crippen LogP contribution in [0.15, 0.2) is 42.6 Å². The van der Waals surface area contributed by atoms with Crippen molar-refractivity contribution in [3.05, 3.63) is 59.3 Å². The summed E-state index contributed by atoms with van der Waals surface area (Å²) in [5.41, 5.74) is 1.90. The maximum absolute atomic E-state index is 13.9. The molecule has 2 aromatic carbocycles. The van der Waals surface area contributed by atoms with E-state index in [9.17, 15) is 18.0 Å². The summed E-state index contributed by atoms with van der Waals surface area (Å²) >= 11 is 0. The SMILES string of the molecule is CCN1CC2CC1CN2c1ccc(Nc2ncc(C(F)(F)F)c(NCc3cccc4c3C(C)(C)C(=O)N4)n2)c(OC)c1. The van der Waals surface area contributed by atoms with Gasteiger partial charge in [0.25, 0.3) is 0 Å². The van der Waals surface area contributed by atoms with Crippen LogP contribution in [0.25, 0.3) is 0 Å². The minimum atomic E-state index is -4.67. The van der Waals surface area contributed by atoms with Gasteiger partial charge >= 0.3 is 6.18 Å². The van der Waals surface area contributed by atoms with Crippen molar-refractivity contribution < 1.29 is 22.7 Å². The predicted molar refractivity (Wildman–Crippen MR) is 156 cm³/mol. The van der Waals surface area contributed by atoms with Crippen molar-refractivity contribution in [3.63, 3.8) is 0 Å². The van der Waals surface area contributed by atoms with Crippen LogP contribution < -0.4 is 25.6 Å². The van der Waals surface area contributed by atoms with Crippen molar-refractivity contribution in [3.8, 4) is 5.75 Å². The number of rotatable bonds is 8. The van der Waals surface area contributed by atoms with Crippen molar-refractivity contribution in [2.45, 2.75) is 57.4 Å². The van der Waals surface area contributed by atoms with Gasteiger partial charge < -0.3 is 25.6 Å². The first-order valence-corrected chi connectivity index (χ1v) is 14.1. The fraction of sp³-hybridized carbons (Fsp3) is 0.433. The van der Waals surface area contributed by atoms with E-state index in [0.29, 0.717) is 34.8 Å². The van der Waals surface area contributed by atoms with Crippen LogP contribution in [0, 0.1) is 0 Å². The highest BCUT2D eigenvalue weighted by Crippen LogP contribution is 2.41. The summed E-state index contributed by atoms with van der Waals surface area (Å²) in [6.07, 6.45) is -2.76. The van der Waals surface area contributed by atoms with Crippen molar-refractivity contribution >= 4 is 34.7 Å². The summed E-state index contributed by atoms with van der Waals surface area (Å²) in [6.45, 7) is 8.84. The molecule has 1 aromatic heterocycles. The minimum Gasteiger partial charge on any atom is -0.494 e. The monoisotopic (exact) mass is 581 g/mol. The van der Waals surface area contributed by atoms with E-state index in [1.54, 1.807) is 39.2 Å². The highest BCUT2D eigenvalue weighted by Gasteiger charge is 2.43. The van der Waals surface area contributed by atoms with Gasteiger partial charge in [-0.3, -0.25) is 9.69 Å². The highest BCUT2D eigenvalue weighted by atomic mass is 19.4. The lowest BCUT2D eigenvalue weighted by Crippen LogP contribution is -2.46. The largest absolute Gasteiger partial charge is 0.494 e. The maximum Gasteiger partial charge on any atom is 0.421 e. The van der Waals surface area contributed by atoms with Crippen LogP contribution in [0.5, 0.6) is 5.75 Å². The zero-order valence-electron chi connectivity index (χ0n) is 24.0. The number of nitrogens with one attached hydrogen (secondary N) is 3. The number of hydrogen-bond donors (Lipinski definition) is 3. The quantitative estimate of drug-likeness (QED) is 0.327. The smallest absolute Gasteiger partial charge is 0.421 e. The molecule has 0 saturated carbocycles. The molecule has 9 nitrogen and oxygen atoms in total. The minimum absolute atomic E-state index is 0.00849. The molecule has 12 heteroatoms. The molecular weight excluding hydrogens is 547 g/mol. The van der Waals surface area contributed by atoms with E-state index in [1.165, 1.54) is 0 Å². The van der Waals surface area contributed by atoms with Gasteiger partial charge in [0.15, 0.2) is 0 Å². The lowest BCUT2D eigenvalue weighted by molar-refractivity contribution is -0.137. The number of methoxy groups -OCH3 is 1. The zero-order valence-corrected chi connectivity index (χ0v) is 24.0. The van der Waals surface area contributed by atoms with Gasteiger partial charge in [-0.25, -0.2) is 4.98 Å². The van der Waals surface area contributed by atoms with Crippen LogP contribution in [-0.2, 0) is 22.9 Å². The number of amides is 1. The molecule has 3 aliphatic rings. The third-order valence-electron chi connectivity index (χ3n) is 8.66. The van der Waals surface area contributed by atoms with E-state index in [0.717, 1.165) is 43.5 Å². The van der Waals surface area contributed by atoms with Gasteiger partial charge in [-0.15, -0.1) is 0 Å². The molecule has 222 valence electrons. The van der Waals surface area contributed by atoms with Crippen LogP contribution in [-0.4, -0.2) is 59.6 Å². The van der Waals surface area contributed by atoms with Crippen LogP contribution >= 0.6 is 0 Å². The van der Waals surface area contributed by atoms with Gasteiger partial charge in [-0.05, 0) is 56.1 Å². The Morgan fingerprint density at radius 1 is 1.17 bits per heavy atom. The Hall–Kier alpha value is -4.06. The topological polar surface area (TPSA) is 94.7 Å². The Morgan fingerprint density at radius 3 is 2.67 bits per heavy atom. The molecule has 3 N–H and O–H groups in total. The third kappa shape index (κ3) is 4.87. The van der Waals surface area contributed by atoms with E-state index in [4.69, 9.17) is 4.74 Å². The van der Waals surface area contributed by atoms with Crippen molar-refractivity contribution in [2.75, 3.05) is 47.6 Å². The molecule has 2 fully saturated rings. The molecule has 0 spiro atoms. The number of likely N-dealkylation sites (N-methyl/N-ethyl adjacent to an activating group) is 1. The summed E-state index contributed by atoms with van der Waals surface area (Å²) in [5.74, 6) is 0.0112. The number of benzene rings is 2. The summed E-state index contributed by atoms with van der Waals surface area (Å²) in [5, 5.41) is 8.73. The average molecular weight is 582 g/mol. The number of fused-ring (bicyclic) bond motifs is 3. The van der Waals surface area contributed by atoms with Crippen LogP contribution in [0.4, 0.5) is 42.0 Å². The fourth-order valence-electron chi connectivity index (χ4n) is 6.48. The first kappa shape index (κ1) is 28.1. The summed E-state index contributed by atoms with van der Waals surface area (Å²) in [4.78, 5) is 25.5. The average Bonchev–Trinajstić information content (AvgIpc) is 3.63. The van der Waals surface area contributed by atoms with Gasteiger partial charge in [0.05, 0.1) is 18.2 Å². The van der Waals surface area contributed by atoms with E-state index < -0.39 is 17.2 Å². The predicted octanol–water partition coefficient (Wildman–Crippen LogP) is 5.37. The molecule has 3 aliphatic heterocycles. The fourth-order valence-corrected chi connectivity index (χ4v) is 6.48. The Kier molecular flexibility index (Phi) is 6.91. The third-order valence-corrected chi connectivity index (χ3v) is 8.66. The van der Waals surface area contributed by atoms with Crippen molar-refractivity contribution in [1.29, 1.82) is 0 Å². The highest BCUT2D eigenvalue weighted by molar-refractivity contribution is 6.06. The Balaban J connectivity index is 1.24. The van der Waals surface area contributed by atoms with Crippen LogP contribution in [0.2, 0.25) is 0 Å². The number of aromatic nitrogens is 2. The number of halogens is 3. The molecule has 2 atom stereocenters. The molecule has 3 aromatic rings. The molecular formula is C30H34F3N7O2. The number of carbonyl (C=O) groups is 1. The van der Waals surface area contributed by atoms with E-state index in [1.807, 2.05) is 18.2 Å². The molecule has 1 amide bonds. The van der Waals surface area contributed by atoms with Gasteiger partial charge in [-0.2, -0.15) is 18.2 Å². The number of carbonyl (C=O) groups excluding carboxylic acids is 1. The number of nitrogens with zero attached hydrogens (tertiary/aromatic N) is 4. The van der Waals surface area contributed by atoms with Crippen molar-refractivity contribution in [2.24, 2.45) is 0 Å². The second-order valence-electron chi connectivity index (χ2n) is 11.5. The number of ether oxygens (including phenoxy) is 1. The lowest BCUT2D eigenvalue weighted by Gasteiger charge is -2.35. The van der Waals surface area contributed by atoms with E-state index in [-0.39, 0.29) is 24.2 Å². The Morgan fingerprint density at radius 2 is 1.98 bits per heavy atom. The molecule has 42 heavy (non-hydrogen) atoms. The number of likely N-dealkylation sites (tertiary alicyclic amines) is 1. The first-order chi connectivity index (χ1) is 20.0. The summed E-state index contributed by atoms with van der Waals surface area (Å²) in [7, 11) is 1.55. The molecule has 0 radical (unpaired) electrons. The molecule has 4 heterocycles. The normalized spacial score (nSPS) is 20.9. The van der Waals surface area contributed by atoms with Gasteiger partial charge in [0.2, 0.25) is 11.9 Å².